The van der Waals surface area contributed by atoms with Gasteiger partial charge in [0.1, 0.15) is 46.4 Å². The molecule has 39 heavy (non-hydrogen) atoms. The Bertz CT molecular complexity index is 1450. The van der Waals surface area contributed by atoms with Gasteiger partial charge in [0.25, 0.3) is 0 Å². The molecule has 2 heterocycles. The van der Waals surface area contributed by atoms with E-state index >= 15 is 0 Å². The number of hydrogen-bond acceptors (Lipinski definition) is 7. The van der Waals surface area contributed by atoms with Crippen LogP contribution in [0.5, 0.6) is 23.0 Å². The van der Waals surface area contributed by atoms with E-state index in [9.17, 15) is 18.6 Å². The van der Waals surface area contributed by atoms with E-state index in [1.165, 1.54) is 6.42 Å². The zero-order valence-corrected chi connectivity index (χ0v) is 23.4. The minimum atomic E-state index is -2.71. The lowest BCUT2D eigenvalue weighted by molar-refractivity contribution is 0.169. The molecule has 2 aliphatic heterocycles. The predicted molar refractivity (Wildman–Crippen MR) is 153 cm³/mol. The maximum atomic E-state index is 11.4. The SMILES string of the molecule is CC1=C(c2cccc(O)c2)C(c2ccc(OC[C@H](C)N3CC[C@@H](C)C3)cc2)Oc2cc(C[SH](=O)=O)c(O)cc21. The highest BCUT2D eigenvalue weighted by atomic mass is 32.2. The van der Waals surface area contributed by atoms with E-state index in [1.807, 2.05) is 37.3 Å². The summed E-state index contributed by atoms with van der Waals surface area (Å²) in [7, 11) is -2.71. The molecule has 3 aromatic carbocycles. The number of phenols is 2. The molecule has 0 aliphatic carbocycles. The molecule has 206 valence electrons. The molecule has 1 fully saturated rings. The Hall–Kier alpha value is -3.49. The molecule has 2 N–H and O–H groups in total. The average Bonchev–Trinajstić information content (AvgIpc) is 3.34. The van der Waals surface area contributed by atoms with Crippen LogP contribution < -0.4 is 9.47 Å². The van der Waals surface area contributed by atoms with Crippen molar-refractivity contribution < 1.29 is 28.1 Å². The first-order valence-corrected chi connectivity index (χ1v) is 14.7. The summed E-state index contributed by atoms with van der Waals surface area (Å²) in [6.07, 6.45) is 0.714. The third-order valence-electron chi connectivity index (χ3n) is 7.71. The fourth-order valence-electron chi connectivity index (χ4n) is 5.50. The molecule has 3 aromatic rings. The lowest BCUT2D eigenvalue weighted by atomic mass is 9.85. The molecule has 0 aromatic heterocycles. The number of fused-ring (bicyclic) bond motifs is 1. The highest BCUT2D eigenvalue weighted by molar-refractivity contribution is 7.71. The minimum absolute atomic E-state index is 0.0938. The molecular formula is C31H35NO6S. The molecule has 5 rings (SSSR count). The highest BCUT2D eigenvalue weighted by Crippen LogP contribution is 2.48. The number of likely N-dealkylation sites (tertiary alicyclic amines) is 1. The summed E-state index contributed by atoms with van der Waals surface area (Å²) in [5.41, 5.74) is 4.37. The summed E-state index contributed by atoms with van der Waals surface area (Å²) in [4.78, 5) is 2.47. The fraction of sp³-hybridized carbons (Fsp3) is 0.355. The maximum Gasteiger partial charge on any atom is 0.150 e. The molecule has 0 saturated carbocycles. The molecule has 1 saturated heterocycles. The van der Waals surface area contributed by atoms with Gasteiger partial charge in [-0.15, -0.1) is 0 Å². The van der Waals surface area contributed by atoms with Gasteiger partial charge >= 0.3 is 0 Å². The molecular weight excluding hydrogens is 514 g/mol. The first-order valence-electron chi connectivity index (χ1n) is 13.3. The smallest absolute Gasteiger partial charge is 0.150 e. The van der Waals surface area contributed by atoms with Crippen molar-refractivity contribution in [1.82, 2.24) is 4.90 Å². The van der Waals surface area contributed by atoms with Crippen LogP contribution in [0.4, 0.5) is 0 Å². The molecule has 0 amide bonds. The summed E-state index contributed by atoms with van der Waals surface area (Å²) in [6, 6.07) is 18.3. The van der Waals surface area contributed by atoms with Crippen LogP contribution in [0.3, 0.4) is 0 Å². The van der Waals surface area contributed by atoms with E-state index < -0.39 is 16.8 Å². The number of ether oxygens (including phenoxy) is 2. The van der Waals surface area contributed by atoms with Crippen LogP contribution in [0, 0.1) is 5.92 Å². The second-order valence-electron chi connectivity index (χ2n) is 10.7. The van der Waals surface area contributed by atoms with Crippen molar-refractivity contribution in [3.8, 4) is 23.0 Å². The number of aromatic hydroxyl groups is 2. The number of thiol groups is 1. The van der Waals surface area contributed by atoms with Crippen molar-refractivity contribution in [3.05, 3.63) is 82.9 Å². The highest BCUT2D eigenvalue weighted by Gasteiger charge is 2.31. The van der Waals surface area contributed by atoms with Crippen molar-refractivity contribution in [2.45, 2.75) is 45.1 Å². The van der Waals surface area contributed by atoms with Gasteiger partial charge in [-0.05, 0) is 85.8 Å². The maximum absolute atomic E-state index is 11.4. The quantitative estimate of drug-likeness (QED) is 0.325. The van der Waals surface area contributed by atoms with Crippen LogP contribution >= 0.6 is 0 Å². The van der Waals surface area contributed by atoms with Crippen molar-refractivity contribution >= 4 is 21.9 Å². The van der Waals surface area contributed by atoms with Gasteiger partial charge in [-0.3, -0.25) is 4.90 Å². The Morgan fingerprint density at radius 2 is 1.87 bits per heavy atom. The lowest BCUT2D eigenvalue weighted by Crippen LogP contribution is -2.35. The van der Waals surface area contributed by atoms with E-state index in [4.69, 9.17) is 9.47 Å². The Balaban J connectivity index is 1.45. The molecule has 0 spiro atoms. The second kappa shape index (κ2) is 11.3. The van der Waals surface area contributed by atoms with Crippen LogP contribution in [-0.2, 0) is 16.5 Å². The topological polar surface area (TPSA) is 96.3 Å². The number of allylic oxidation sites excluding steroid dienone is 1. The van der Waals surface area contributed by atoms with Gasteiger partial charge in [-0.25, -0.2) is 8.42 Å². The van der Waals surface area contributed by atoms with E-state index in [1.54, 1.807) is 30.3 Å². The van der Waals surface area contributed by atoms with Crippen LogP contribution in [0.15, 0.2) is 60.7 Å². The first-order chi connectivity index (χ1) is 18.7. The molecule has 1 unspecified atom stereocenters. The molecule has 3 atom stereocenters. The van der Waals surface area contributed by atoms with E-state index in [-0.39, 0.29) is 17.3 Å². The van der Waals surface area contributed by atoms with Gasteiger partial charge in [0.2, 0.25) is 0 Å². The third kappa shape index (κ3) is 5.92. The van der Waals surface area contributed by atoms with Gasteiger partial charge in [0.15, 0.2) is 0 Å². The molecule has 0 bridgehead atoms. The normalized spacial score (nSPS) is 20.1. The Morgan fingerprint density at radius 1 is 1.10 bits per heavy atom. The predicted octanol–water partition coefficient (Wildman–Crippen LogP) is 5.38. The number of phenolic OH excluding ortho intramolecular Hbond substituents is 2. The summed E-state index contributed by atoms with van der Waals surface area (Å²) in [5.74, 6) is 1.78. The van der Waals surface area contributed by atoms with Crippen molar-refractivity contribution in [3.63, 3.8) is 0 Å². The fourth-order valence-corrected chi connectivity index (χ4v) is 6.03. The number of rotatable bonds is 8. The largest absolute Gasteiger partial charge is 0.508 e. The van der Waals surface area contributed by atoms with E-state index in [0.29, 0.717) is 29.5 Å². The molecule has 7 nitrogen and oxygen atoms in total. The first kappa shape index (κ1) is 27.1. The van der Waals surface area contributed by atoms with Gasteiger partial charge in [-0.1, -0.05) is 31.2 Å². The van der Waals surface area contributed by atoms with Gasteiger partial charge in [0, 0.05) is 29.3 Å². The third-order valence-corrected chi connectivity index (χ3v) is 8.30. The van der Waals surface area contributed by atoms with Gasteiger partial charge in [0.05, 0.1) is 5.75 Å². The van der Waals surface area contributed by atoms with Gasteiger partial charge in [-0.2, -0.15) is 0 Å². The van der Waals surface area contributed by atoms with Crippen LogP contribution in [0.2, 0.25) is 0 Å². The standard InChI is InChI=1S/C31H35NO6S/c1-19-11-12-32(16-19)20(2)17-37-26-9-7-22(8-10-26)31-30(23-5-4-6-25(33)13-23)21(3)27-15-28(34)24(18-39(35)36)14-29(27)38-31/h4-10,13-15,19-20,31,33-34,39H,11-12,16-18H2,1-3H3/t19-,20+,31?/m1/s1. The van der Waals surface area contributed by atoms with Crippen molar-refractivity contribution in [1.29, 1.82) is 0 Å². The lowest BCUT2D eigenvalue weighted by Gasteiger charge is -2.31. The van der Waals surface area contributed by atoms with E-state index in [2.05, 4.69) is 18.7 Å². The zero-order valence-electron chi connectivity index (χ0n) is 22.5. The van der Waals surface area contributed by atoms with Crippen LogP contribution in [0.1, 0.15) is 55.5 Å². The van der Waals surface area contributed by atoms with Crippen LogP contribution in [0.25, 0.3) is 11.1 Å². The number of hydrogen-bond donors (Lipinski definition) is 3. The molecule has 8 heteroatoms. The Kier molecular flexibility index (Phi) is 7.86. The Labute approximate surface area is 231 Å². The number of benzene rings is 3. The summed E-state index contributed by atoms with van der Waals surface area (Å²) in [5, 5.41) is 20.7. The Morgan fingerprint density at radius 3 is 2.54 bits per heavy atom. The molecule has 2 aliphatic rings. The van der Waals surface area contributed by atoms with Gasteiger partial charge < -0.3 is 19.7 Å². The van der Waals surface area contributed by atoms with Crippen molar-refractivity contribution in [2.24, 2.45) is 5.92 Å². The monoisotopic (exact) mass is 549 g/mol. The summed E-state index contributed by atoms with van der Waals surface area (Å²) >= 11 is 0. The number of nitrogens with zero attached hydrogens (tertiary/aromatic N) is 1. The van der Waals surface area contributed by atoms with E-state index in [0.717, 1.165) is 47.0 Å². The zero-order chi connectivity index (χ0) is 27.7. The second-order valence-corrected chi connectivity index (χ2v) is 11.7. The minimum Gasteiger partial charge on any atom is -0.508 e. The summed E-state index contributed by atoms with van der Waals surface area (Å²) in [6.45, 7) is 9.26. The van der Waals surface area contributed by atoms with Crippen LogP contribution in [-0.4, -0.2) is 49.3 Å². The molecule has 0 radical (unpaired) electrons. The average molecular weight is 550 g/mol. The van der Waals surface area contributed by atoms with Crippen molar-refractivity contribution in [2.75, 3.05) is 19.7 Å². The summed E-state index contributed by atoms with van der Waals surface area (Å²) < 4.78 is 35.3.